The summed E-state index contributed by atoms with van der Waals surface area (Å²) in [6.45, 7) is 8.89. The molecule has 0 aliphatic heterocycles. The zero-order valence-electron chi connectivity index (χ0n) is 17.9. The maximum Gasteiger partial charge on any atom is 0.337 e. The summed E-state index contributed by atoms with van der Waals surface area (Å²) >= 11 is 0. The molecule has 3 aromatic rings. The van der Waals surface area contributed by atoms with Crippen LogP contribution in [0.25, 0.3) is 21.9 Å². The highest BCUT2D eigenvalue weighted by Gasteiger charge is 2.31. The Balaban J connectivity index is 2.35. The van der Waals surface area contributed by atoms with Gasteiger partial charge in [0.25, 0.3) is 0 Å². The minimum absolute atomic E-state index is 0.166. The summed E-state index contributed by atoms with van der Waals surface area (Å²) in [4.78, 5) is 23.8. The number of carbonyl (C=O) groups is 2. The molecule has 5 nitrogen and oxygen atoms in total. The molecule has 2 N–H and O–H groups in total. The fourth-order valence-electron chi connectivity index (χ4n) is 3.69. The van der Waals surface area contributed by atoms with Crippen LogP contribution in [0.4, 0.5) is 5.69 Å². The normalized spacial score (nSPS) is 12.6. The predicted octanol–water partition coefficient (Wildman–Crippen LogP) is 5.71. The van der Waals surface area contributed by atoms with Gasteiger partial charge in [0.15, 0.2) is 6.10 Å². The Morgan fingerprint density at radius 2 is 1.73 bits per heavy atom. The number of benzene rings is 3. The van der Waals surface area contributed by atoms with Crippen LogP contribution in [0.1, 0.15) is 44.9 Å². The monoisotopic (exact) mass is 405 g/mol. The molecule has 1 amide bonds. The Kier molecular flexibility index (Phi) is 5.94. The van der Waals surface area contributed by atoms with E-state index >= 15 is 0 Å². The molecule has 3 aromatic carbocycles. The Labute approximate surface area is 176 Å². The smallest absolute Gasteiger partial charge is 0.337 e. The van der Waals surface area contributed by atoms with Gasteiger partial charge in [0.2, 0.25) is 5.91 Å². The van der Waals surface area contributed by atoms with Gasteiger partial charge < -0.3 is 15.2 Å². The molecule has 3 rings (SSSR count). The molecule has 0 aliphatic rings. The molecule has 30 heavy (non-hydrogen) atoms. The van der Waals surface area contributed by atoms with Crippen molar-refractivity contribution in [3.8, 4) is 11.1 Å². The highest BCUT2D eigenvalue weighted by Crippen LogP contribution is 2.41. The molecule has 5 heteroatoms. The van der Waals surface area contributed by atoms with Crippen molar-refractivity contribution in [1.29, 1.82) is 0 Å². The number of nitrogens with one attached hydrogen (secondary N) is 1. The number of carboxylic acid groups (broad SMARTS) is 1. The molecule has 0 heterocycles. The number of hydrogen-bond donors (Lipinski definition) is 2. The lowest BCUT2D eigenvalue weighted by Gasteiger charge is -2.28. The van der Waals surface area contributed by atoms with Crippen LogP contribution in [0.3, 0.4) is 0 Å². The minimum Gasteiger partial charge on any atom is -0.479 e. The van der Waals surface area contributed by atoms with Crippen LogP contribution in [0, 0.1) is 6.92 Å². The van der Waals surface area contributed by atoms with E-state index in [1.807, 2.05) is 82.3 Å². The molecule has 0 bridgehead atoms. The molecular weight excluding hydrogens is 378 g/mol. The molecule has 0 aliphatic carbocycles. The van der Waals surface area contributed by atoms with Crippen molar-refractivity contribution in [1.82, 2.24) is 0 Å². The zero-order chi connectivity index (χ0) is 22.1. The number of aliphatic carboxylic acids is 1. The third-order valence-electron chi connectivity index (χ3n) is 4.73. The number of anilines is 1. The largest absolute Gasteiger partial charge is 0.479 e. The van der Waals surface area contributed by atoms with Gasteiger partial charge >= 0.3 is 5.97 Å². The molecule has 0 saturated heterocycles. The zero-order valence-corrected chi connectivity index (χ0v) is 17.9. The van der Waals surface area contributed by atoms with Crippen LogP contribution in [0.5, 0.6) is 0 Å². The summed E-state index contributed by atoms with van der Waals surface area (Å²) < 4.78 is 6.00. The molecule has 0 spiro atoms. The molecule has 1 atom stereocenters. The number of aryl methyl sites for hydroxylation is 1. The van der Waals surface area contributed by atoms with E-state index in [-0.39, 0.29) is 5.91 Å². The van der Waals surface area contributed by atoms with Crippen LogP contribution in [-0.4, -0.2) is 22.6 Å². The first-order valence-corrected chi connectivity index (χ1v) is 9.88. The highest BCUT2D eigenvalue weighted by molar-refractivity contribution is 6.01. The van der Waals surface area contributed by atoms with Crippen LogP contribution in [0.15, 0.2) is 54.6 Å². The number of hydrogen-bond acceptors (Lipinski definition) is 3. The van der Waals surface area contributed by atoms with E-state index in [9.17, 15) is 14.7 Å². The summed E-state index contributed by atoms with van der Waals surface area (Å²) in [6.07, 6.45) is -1.13. The van der Waals surface area contributed by atoms with Gasteiger partial charge in [-0.3, -0.25) is 4.79 Å². The number of ether oxygens (including phenoxy) is 1. The van der Waals surface area contributed by atoms with Crippen molar-refractivity contribution in [2.75, 3.05) is 5.32 Å². The van der Waals surface area contributed by atoms with Crippen LogP contribution >= 0.6 is 0 Å². The molecular formula is C25H27NO4. The molecule has 0 radical (unpaired) electrons. The lowest BCUT2D eigenvalue weighted by atomic mass is 9.87. The third-order valence-corrected chi connectivity index (χ3v) is 4.73. The van der Waals surface area contributed by atoms with Crippen molar-refractivity contribution in [3.05, 3.63) is 65.7 Å². The van der Waals surface area contributed by atoms with E-state index in [4.69, 9.17) is 4.74 Å². The molecule has 0 fully saturated rings. The third kappa shape index (κ3) is 4.69. The topological polar surface area (TPSA) is 75.6 Å². The Hall–Kier alpha value is -3.18. The van der Waals surface area contributed by atoms with Crippen LogP contribution < -0.4 is 5.32 Å². The summed E-state index contributed by atoms with van der Waals surface area (Å²) in [6, 6.07) is 17.3. The molecule has 156 valence electrons. The van der Waals surface area contributed by atoms with Gasteiger partial charge in [-0.2, -0.15) is 0 Å². The quantitative estimate of drug-likeness (QED) is 0.570. The number of fused-ring (bicyclic) bond motifs is 1. The SMILES string of the molecule is CC(=O)Nc1cccc(-c2c([C@H](OC(C)(C)C)C(=O)O)c(C)cc3ccccc23)c1. The maximum absolute atomic E-state index is 12.3. The van der Waals surface area contributed by atoms with Crippen molar-refractivity contribution < 1.29 is 19.4 Å². The predicted molar refractivity (Wildman–Crippen MR) is 120 cm³/mol. The lowest BCUT2D eigenvalue weighted by Crippen LogP contribution is -2.28. The summed E-state index contributed by atoms with van der Waals surface area (Å²) in [7, 11) is 0. The average molecular weight is 405 g/mol. The van der Waals surface area contributed by atoms with Crippen molar-refractivity contribution in [2.24, 2.45) is 0 Å². The number of carboxylic acids is 1. The van der Waals surface area contributed by atoms with E-state index in [2.05, 4.69) is 5.32 Å². The summed E-state index contributed by atoms with van der Waals surface area (Å²) in [5.74, 6) is -1.21. The average Bonchev–Trinajstić information content (AvgIpc) is 2.64. The van der Waals surface area contributed by atoms with Gasteiger partial charge in [-0.1, -0.05) is 42.5 Å². The lowest BCUT2D eigenvalue weighted by molar-refractivity contribution is -0.160. The molecule has 0 saturated carbocycles. The minimum atomic E-state index is -1.13. The second-order valence-electron chi connectivity index (χ2n) is 8.41. The number of amides is 1. The van der Waals surface area contributed by atoms with E-state index in [0.29, 0.717) is 11.3 Å². The van der Waals surface area contributed by atoms with Crippen molar-refractivity contribution in [3.63, 3.8) is 0 Å². The second kappa shape index (κ2) is 8.28. The second-order valence-corrected chi connectivity index (χ2v) is 8.41. The summed E-state index contributed by atoms with van der Waals surface area (Å²) in [5, 5.41) is 14.8. The van der Waals surface area contributed by atoms with E-state index in [1.165, 1.54) is 6.92 Å². The fraction of sp³-hybridized carbons (Fsp3) is 0.280. The molecule has 0 aromatic heterocycles. The Morgan fingerprint density at radius 1 is 1.03 bits per heavy atom. The Morgan fingerprint density at radius 3 is 2.37 bits per heavy atom. The highest BCUT2D eigenvalue weighted by atomic mass is 16.5. The number of rotatable bonds is 5. The van der Waals surface area contributed by atoms with Gasteiger partial charge in [0.05, 0.1) is 5.60 Å². The van der Waals surface area contributed by atoms with Gasteiger partial charge in [-0.15, -0.1) is 0 Å². The first-order valence-electron chi connectivity index (χ1n) is 9.88. The van der Waals surface area contributed by atoms with Gasteiger partial charge in [0.1, 0.15) is 0 Å². The van der Waals surface area contributed by atoms with Crippen molar-refractivity contribution >= 4 is 28.3 Å². The first kappa shape index (κ1) is 21.5. The first-order chi connectivity index (χ1) is 14.1. The van der Waals surface area contributed by atoms with Crippen LogP contribution in [-0.2, 0) is 14.3 Å². The maximum atomic E-state index is 12.3. The summed E-state index contributed by atoms with van der Waals surface area (Å²) in [5.41, 5.74) is 3.09. The van der Waals surface area contributed by atoms with Crippen LogP contribution in [0.2, 0.25) is 0 Å². The van der Waals surface area contributed by atoms with Gasteiger partial charge in [-0.05, 0) is 67.3 Å². The number of carbonyl (C=O) groups excluding carboxylic acids is 1. The van der Waals surface area contributed by atoms with Gasteiger partial charge in [0, 0.05) is 18.2 Å². The molecule has 0 unspecified atom stereocenters. The van der Waals surface area contributed by atoms with E-state index in [1.54, 1.807) is 0 Å². The standard InChI is InChI=1S/C25H27NO4/c1-15-13-17-9-6-7-12-20(17)22(18-10-8-11-19(14-18)26-16(2)27)21(15)23(24(28)29)30-25(3,4)5/h6-14,23H,1-5H3,(H,26,27)(H,28,29)/t23-/m0/s1. The Bertz CT molecular complexity index is 1110. The van der Waals surface area contributed by atoms with Crippen molar-refractivity contribution in [2.45, 2.75) is 46.3 Å². The fourth-order valence-corrected chi connectivity index (χ4v) is 3.69. The van der Waals surface area contributed by atoms with Gasteiger partial charge in [-0.25, -0.2) is 4.79 Å². The van der Waals surface area contributed by atoms with E-state index < -0.39 is 17.7 Å². The van der Waals surface area contributed by atoms with E-state index in [0.717, 1.165) is 27.5 Å².